The molecule has 1 heterocycles. The van der Waals surface area contributed by atoms with Crippen LogP contribution in [-0.2, 0) is 0 Å². The van der Waals surface area contributed by atoms with E-state index in [0.717, 1.165) is 55.5 Å². The van der Waals surface area contributed by atoms with Crippen LogP contribution in [0.3, 0.4) is 0 Å². The molecule has 0 amide bonds. The molecule has 0 fully saturated rings. The summed E-state index contributed by atoms with van der Waals surface area (Å²) in [6.07, 6.45) is 0. The summed E-state index contributed by atoms with van der Waals surface area (Å²) in [5, 5.41) is 9.66. The van der Waals surface area contributed by atoms with Gasteiger partial charge in [0.1, 0.15) is 11.2 Å². The zero-order valence-electron chi connectivity index (χ0n) is 30.6. The normalized spacial score (nSPS) is 11.6. The third-order valence-electron chi connectivity index (χ3n) is 11.2. The molecule has 0 aliphatic heterocycles. The number of furan rings is 1. The Morgan fingerprint density at radius 3 is 1.50 bits per heavy atom. The van der Waals surface area contributed by atoms with Gasteiger partial charge in [0.05, 0.1) is 0 Å². The van der Waals surface area contributed by atoms with Crippen molar-refractivity contribution in [3.05, 3.63) is 212 Å². The molecule has 0 atom stereocenters. The van der Waals surface area contributed by atoms with Crippen LogP contribution >= 0.6 is 0 Å². The van der Waals surface area contributed by atoms with Gasteiger partial charge in [0.25, 0.3) is 0 Å². The van der Waals surface area contributed by atoms with Crippen molar-refractivity contribution in [1.82, 2.24) is 0 Å². The number of hydrogen-bond acceptors (Lipinski definition) is 2. The van der Waals surface area contributed by atoms with Crippen LogP contribution in [0.5, 0.6) is 0 Å². The molecular formula is C54H35NO. The average molecular weight is 714 g/mol. The van der Waals surface area contributed by atoms with E-state index in [1.54, 1.807) is 0 Å². The molecule has 11 rings (SSSR count). The number of hydrogen-bond donors (Lipinski definition) is 0. The average Bonchev–Trinajstić information content (AvgIpc) is 3.65. The van der Waals surface area contributed by atoms with Gasteiger partial charge in [-0.2, -0.15) is 0 Å². The second-order valence-corrected chi connectivity index (χ2v) is 14.5. The zero-order valence-corrected chi connectivity index (χ0v) is 30.6. The van der Waals surface area contributed by atoms with Crippen LogP contribution < -0.4 is 4.90 Å². The summed E-state index contributed by atoms with van der Waals surface area (Å²) in [6, 6.07) is 76.3. The molecule has 262 valence electrons. The molecule has 0 spiro atoms. The van der Waals surface area contributed by atoms with Gasteiger partial charge in [-0.3, -0.25) is 0 Å². The van der Waals surface area contributed by atoms with E-state index in [1.807, 2.05) is 0 Å². The second kappa shape index (κ2) is 13.2. The summed E-state index contributed by atoms with van der Waals surface area (Å²) >= 11 is 0. The van der Waals surface area contributed by atoms with Crippen LogP contribution in [0.25, 0.3) is 87.6 Å². The van der Waals surface area contributed by atoms with Gasteiger partial charge in [-0.25, -0.2) is 0 Å². The maximum Gasteiger partial charge on any atom is 0.143 e. The van der Waals surface area contributed by atoms with Gasteiger partial charge in [0.2, 0.25) is 0 Å². The third-order valence-corrected chi connectivity index (χ3v) is 11.2. The van der Waals surface area contributed by atoms with E-state index >= 15 is 0 Å². The molecule has 56 heavy (non-hydrogen) atoms. The molecule has 0 radical (unpaired) electrons. The Morgan fingerprint density at radius 2 is 0.786 bits per heavy atom. The number of para-hydroxylation sites is 1. The van der Waals surface area contributed by atoms with Gasteiger partial charge in [0, 0.05) is 33.2 Å². The molecule has 10 aromatic carbocycles. The van der Waals surface area contributed by atoms with Crippen LogP contribution in [0.2, 0.25) is 0 Å². The van der Waals surface area contributed by atoms with Crippen molar-refractivity contribution in [2.24, 2.45) is 0 Å². The highest BCUT2D eigenvalue weighted by atomic mass is 16.3. The number of nitrogens with zero attached hydrogens (tertiary/aromatic N) is 1. The summed E-state index contributed by atoms with van der Waals surface area (Å²) in [5.41, 5.74) is 12.3. The predicted molar refractivity (Wildman–Crippen MR) is 237 cm³/mol. The Bertz CT molecular complexity index is 3220. The van der Waals surface area contributed by atoms with Crippen molar-refractivity contribution in [2.45, 2.75) is 0 Å². The van der Waals surface area contributed by atoms with Gasteiger partial charge in [-0.05, 0) is 121 Å². The fourth-order valence-corrected chi connectivity index (χ4v) is 8.54. The fourth-order valence-electron chi connectivity index (χ4n) is 8.54. The van der Waals surface area contributed by atoms with Crippen molar-refractivity contribution in [3.8, 4) is 33.4 Å². The van der Waals surface area contributed by atoms with E-state index in [9.17, 15) is 0 Å². The zero-order chi connectivity index (χ0) is 37.0. The summed E-state index contributed by atoms with van der Waals surface area (Å²) in [7, 11) is 0. The molecule has 2 nitrogen and oxygen atoms in total. The SMILES string of the molecule is c1ccc(-c2cc3c4cc(-c5ccc(N(c6ccccc6)c6ccc(-c7cc8ccccc8c8ccccc78)cc6)cc5)ccc4oc3c3ccccc23)cc1. The molecule has 0 saturated heterocycles. The lowest BCUT2D eigenvalue weighted by Crippen LogP contribution is -2.09. The maximum atomic E-state index is 6.57. The minimum absolute atomic E-state index is 0.895. The van der Waals surface area contributed by atoms with Crippen molar-refractivity contribution in [1.29, 1.82) is 0 Å². The van der Waals surface area contributed by atoms with E-state index in [2.05, 4.69) is 217 Å². The van der Waals surface area contributed by atoms with Crippen LogP contribution in [0.15, 0.2) is 217 Å². The molecule has 0 bridgehead atoms. The van der Waals surface area contributed by atoms with Crippen molar-refractivity contribution >= 4 is 71.3 Å². The Morgan fingerprint density at radius 1 is 0.286 bits per heavy atom. The lowest BCUT2D eigenvalue weighted by atomic mass is 9.93. The van der Waals surface area contributed by atoms with Gasteiger partial charge in [-0.1, -0.05) is 152 Å². The number of fused-ring (bicyclic) bond motifs is 8. The summed E-state index contributed by atoms with van der Waals surface area (Å²) < 4.78 is 6.57. The number of anilines is 3. The number of rotatable bonds is 6. The highest BCUT2D eigenvalue weighted by Gasteiger charge is 2.17. The van der Waals surface area contributed by atoms with Crippen LogP contribution in [0.1, 0.15) is 0 Å². The lowest BCUT2D eigenvalue weighted by Gasteiger charge is -2.26. The van der Waals surface area contributed by atoms with Crippen LogP contribution in [0, 0.1) is 0 Å². The Hall–Kier alpha value is -7.42. The third kappa shape index (κ3) is 5.34. The standard InChI is InChI=1S/C54H35NO/c1-3-13-37(14-4-1)50-35-52-51-33-39(27-32-53(51)56-54(52)48-22-12-11-21-47(48)50)36-23-28-42(29-24-36)55(41-16-5-2-6-17-41)43-30-25-38(26-31-43)49-34-40-15-7-8-18-44(40)45-19-9-10-20-46(45)49/h1-35H. The quantitative estimate of drug-likeness (QED) is 0.160. The first kappa shape index (κ1) is 32.0. The molecule has 1 aromatic heterocycles. The minimum atomic E-state index is 0.895. The number of benzene rings is 10. The molecule has 0 aliphatic carbocycles. The first-order valence-electron chi connectivity index (χ1n) is 19.2. The topological polar surface area (TPSA) is 16.4 Å². The lowest BCUT2D eigenvalue weighted by molar-refractivity contribution is 0.673. The van der Waals surface area contributed by atoms with E-state index in [1.165, 1.54) is 49.2 Å². The molecular weight excluding hydrogens is 679 g/mol. The summed E-state index contributed by atoms with van der Waals surface area (Å²) in [6.45, 7) is 0. The Balaban J connectivity index is 0.976. The Labute approximate surface area is 325 Å². The van der Waals surface area contributed by atoms with Gasteiger partial charge in [0.15, 0.2) is 0 Å². The first-order valence-corrected chi connectivity index (χ1v) is 19.2. The van der Waals surface area contributed by atoms with Gasteiger partial charge < -0.3 is 9.32 Å². The molecule has 2 heteroatoms. The van der Waals surface area contributed by atoms with E-state index in [-0.39, 0.29) is 0 Å². The Kier molecular flexibility index (Phi) is 7.53. The highest BCUT2D eigenvalue weighted by molar-refractivity contribution is 6.19. The van der Waals surface area contributed by atoms with E-state index in [4.69, 9.17) is 4.42 Å². The first-order chi connectivity index (χ1) is 27.8. The molecule has 0 N–H and O–H groups in total. The maximum absolute atomic E-state index is 6.57. The van der Waals surface area contributed by atoms with Crippen LogP contribution in [-0.4, -0.2) is 0 Å². The van der Waals surface area contributed by atoms with Crippen molar-refractivity contribution in [3.63, 3.8) is 0 Å². The van der Waals surface area contributed by atoms with Gasteiger partial charge >= 0.3 is 0 Å². The molecule has 11 aromatic rings. The monoisotopic (exact) mass is 713 g/mol. The van der Waals surface area contributed by atoms with E-state index in [0.29, 0.717) is 0 Å². The minimum Gasteiger partial charge on any atom is -0.455 e. The van der Waals surface area contributed by atoms with Gasteiger partial charge in [-0.15, -0.1) is 0 Å². The second-order valence-electron chi connectivity index (χ2n) is 14.5. The van der Waals surface area contributed by atoms with Crippen LogP contribution in [0.4, 0.5) is 17.1 Å². The predicted octanol–water partition coefficient (Wildman–Crippen LogP) is 15.5. The largest absolute Gasteiger partial charge is 0.455 e. The molecule has 0 saturated carbocycles. The van der Waals surface area contributed by atoms with E-state index < -0.39 is 0 Å². The van der Waals surface area contributed by atoms with Crippen molar-refractivity contribution < 1.29 is 4.42 Å². The highest BCUT2D eigenvalue weighted by Crippen LogP contribution is 2.42. The smallest absolute Gasteiger partial charge is 0.143 e. The summed E-state index contributed by atoms with van der Waals surface area (Å²) in [4.78, 5) is 2.33. The molecule has 0 unspecified atom stereocenters. The van der Waals surface area contributed by atoms with Crippen molar-refractivity contribution in [2.75, 3.05) is 4.90 Å². The fraction of sp³-hybridized carbons (Fsp3) is 0. The summed E-state index contributed by atoms with van der Waals surface area (Å²) in [5.74, 6) is 0. The molecule has 0 aliphatic rings.